The van der Waals surface area contributed by atoms with Crippen LogP contribution in [0.15, 0.2) is 42.5 Å². The van der Waals surface area contributed by atoms with Crippen LogP contribution >= 0.6 is 23.2 Å². The molecule has 2 aromatic carbocycles. The van der Waals surface area contributed by atoms with Crippen molar-refractivity contribution < 1.29 is 23.1 Å². The summed E-state index contributed by atoms with van der Waals surface area (Å²) in [5, 5.41) is 9.76. The van der Waals surface area contributed by atoms with E-state index in [1.807, 2.05) is 0 Å². The van der Waals surface area contributed by atoms with E-state index in [1.54, 1.807) is 28.8 Å². The molecule has 0 unspecified atom stereocenters. The van der Waals surface area contributed by atoms with Crippen LogP contribution in [-0.4, -0.2) is 15.6 Å². The second kappa shape index (κ2) is 7.44. The van der Waals surface area contributed by atoms with E-state index in [1.165, 1.54) is 12.1 Å². The lowest BCUT2D eigenvalue weighted by molar-refractivity contribution is -0.138. The predicted molar refractivity (Wildman–Crippen MR) is 99.3 cm³/mol. The molecule has 0 fully saturated rings. The smallest absolute Gasteiger partial charge is 0.417 e. The quantitative estimate of drug-likeness (QED) is 0.516. The summed E-state index contributed by atoms with van der Waals surface area (Å²) in [5.41, 5.74) is 0.736. The number of halogens is 5. The zero-order valence-corrected chi connectivity index (χ0v) is 15.4. The number of rotatable bonds is 5. The van der Waals surface area contributed by atoms with Gasteiger partial charge in [-0.1, -0.05) is 29.3 Å². The first-order chi connectivity index (χ1) is 12.7. The van der Waals surface area contributed by atoms with Crippen molar-refractivity contribution in [2.75, 3.05) is 0 Å². The average molecular weight is 416 g/mol. The fraction of sp³-hybridized carbons (Fsp3) is 0.211. The molecule has 1 aromatic heterocycles. The van der Waals surface area contributed by atoms with E-state index in [4.69, 9.17) is 28.3 Å². The molecule has 0 spiro atoms. The molecule has 0 atom stereocenters. The standard InChI is InChI=1S/C19H14Cl2F3NO2/c20-13-4-6-16-12(8-13)10-17(25(16)7-1-2-18(26)27)11-3-5-15(21)14(9-11)19(22,23)24/h3-6,8-10H,1-2,7H2,(H,26,27). The van der Waals surface area contributed by atoms with Gasteiger partial charge in [-0.2, -0.15) is 13.2 Å². The molecule has 0 aliphatic rings. The van der Waals surface area contributed by atoms with Crippen molar-refractivity contribution in [3.63, 3.8) is 0 Å². The molecule has 0 aliphatic heterocycles. The van der Waals surface area contributed by atoms with E-state index in [0.29, 0.717) is 29.2 Å². The number of carbonyl (C=O) groups is 1. The summed E-state index contributed by atoms with van der Waals surface area (Å²) in [7, 11) is 0. The fourth-order valence-electron chi connectivity index (χ4n) is 3.01. The van der Waals surface area contributed by atoms with Crippen LogP contribution in [0.5, 0.6) is 0 Å². The molecule has 27 heavy (non-hydrogen) atoms. The summed E-state index contributed by atoms with van der Waals surface area (Å²) in [6.07, 6.45) is -4.27. The molecule has 3 rings (SSSR count). The van der Waals surface area contributed by atoms with E-state index in [2.05, 4.69) is 0 Å². The van der Waals surface area contributed by atoms with Crippen molar-refractivity contribution in [3.05, 3.63) is 58.1 Å². The average Bonchev–Trinajstić information content (AvgIpc) is 2.91. The van der Waals surface area contributed by atoms with Gasteiger partial charge in [-0.3, -0.25) is 4.79 Å². The van der Waals surface area contributed by atoms with Gasteiger partial charge >= 0.3 is 12.1 Å². The summed E-state index contributed by atoms with van der Waals surface area (Å²) < 4.78 is 41.5. The molecule has 0 aliphatic carbocycles. The lowest BCUT2D eigenvalue weighted by atomic mass is 10.1. The number of alkyl halides is 3. The van der Waals surface area contributed by atoms with E-state index < -0.39 is 17.7 Å². The van der Waals surface area contributed by atoms with E-state index in [0.717, 1.165) is 17.0 Å². The van der Waals surface area contributed by atoms with Gasteiger partial charge in [-0.05, 0) is 48.4 Å². The maximum absolute atomic E-state index is 13.2. The van der Waals surface area contributed by atoms with Crippen LogP contribution in [0.4, 0.5) is 13.2 Å². The molecular formula is C19H14Cl2F3NO2. The Bertz CT molecular complexity index is 1010. The Balaban J connectivity index is 2.14. The van der Waals surface area contributed by atoms with Crippen molar-refractivity contribution in [2.45, 2.75) is 25.6 Å². The number of hydrogen-bond acceptors (Lipinski definition) is 1. The molecule has 1 heterocycles. The molecule has 0 radical (unpaired) electrons. The van der Waals surface area contributed by atoms with Crippen LogP contribution in [0.2, 0.25) is 10.0 Å². The van der Waals surface area contributed by atoms with Gasteiger partial charge in [-0.25, -0.2) is 0 Å². The number of hydrogen-bond donors (Lipinski definition) is 1. The third-order valence-electron chi connectivity index (χ3n) is 4.20. The zero-order chi connectivity index (χ0) is 19.8. The number of carboxylic acids is 1. The minimum Gasteiger partial charge on any atom is -0.481 e. The number of benzene rings is 2. The SMILES string of the molecule is O=C(O)CCCn1c(-c2ccc(Cl)c(C(F)(F)F)c2)cc2cc(Cl)ccc21. The fourth-order valence-corrected chi connectivity index (χ4v) is 3.42. The second-order valence-electron chi connectivity index (χ2n) is 6.07. The van der Waals surface area contributed by atoms with Crippen LogP contribution in [0.25, 0.3) is 22.2 Å². The first-order valence-electron chi connectivity index (χ1n) is 8.04. The lowest BCUT2D eigenvalue weighted by Crippen LogP contribution is -2.07. The summed E-state index contributed by atoms with van der Waals surface area (Å²) >= 11 is 11.7. The normalized spacial score (nSPS) is 11.9. The number of aryl methyl sites for hydroxylation is 1. The first kappa shape index (κ1) is 19.6. The molecule has 0 amide bonds. The summed E-state index contributed by atoms with van der Waals surface area (Å²) in [6.45, 7) is 0.344. The lowest BCUT2D eigenvalue weighted by Gasteiger charge is -2.14. The number of fused-ring (bicyclic) bond motifs is 1. The molecule has 3 aromatic rings. The molecular weight excluding hydrogens is 402 g/mol. The maximum Gasteiger partial charge on any atom is 0.417 e. The van der Waals surface area contributed by atoms with Crippen molar-refractivity contribution >= 4 is 40.1 Å². The first-order valence-corrected chi connectivity index (χ1v) is 8.80. The number of aromatic nitrogens is 1. The molecule has 0 bridgehead atoms. The molecule has 8 heteroatoms. The Morgan fingerprint density at radius 1 is 1.07 bits per heavy atom. The van der Waals surface area contributed by atoms with Crippen molar-refractivity contribution in [1.29, 1.82) is 0 Å². The van der Waals surface area contributed by atoms with E-state index in [9.17, 15) is 18.0 Å². The van der Waals surface area contributed by atoms with Crippen molar-refractivity contribution in [2.24, 2.45) is 0 Å². The summed E-state index contributed by atoms with van der Waals surface area (Å²) in [6, 6.07) is 10.6. The van der Waals surface area contributed by atoms with E-state index >= 15 is 0 Å². The van der Waals surface area contributed by atoms with Gasteiger partial charge in [0.2, 0.25) is 0 Å². The van der Waals surface area contributed by atoms with Gasteiger partial charge in [0.1, 0.15) is 0 Å². The highest BCUT2D eigenvalue weighted by Gasteiger charge is 2.33. The van der Waals surface area contributed by atoms with E-state index in [-0.39, 0.29) is 11.4 Å². The van der Waals surface area contributed by atoms with Crippen LogP contribution in [-0.2, 0) is 17.5 Å². The second-order valence-corrected chi connectivity index (χ2v) is 6.92. The molecule has 0 saturated heterocycles. The Kier molecular flexibility index (Phi) is 5.40. The van der Waals surface area contributed by atoms with Gasteiger partial charge in [0, 0.05) is 34.6 Å². The van der Waals surface area contributed by atoms with Crippen LogP contribution in [0, 0.1) is 0 Å². The minimum absolute atomic E-state index is 0.0406. The highest BCUT2D eigenvalue weighted by Crippen LogP contribution is 2.38. The third-order valence-corrected chi connectivity index (χ3v) is 4.77. The van der Waals surface area contributed by atoms with Gasteiger partial charge < -0.3 is 9.67 Å². The zero-order valence-electron chi connectivity index (χ0n) is 13.9. The monoisotopic (exact) mass is 415 g/mol. The molecule has 142 valence electrons. The topological polar surface area (TPSA) is 42.2 Å². The highest BCUT2D eigenvalue weighted by atomic mass is 35.5. The molecule has 3 nitrogen and oxygen atoms in total. The van der Waals surface area contributed by atoms with Crippen molar-refractivity contribution in [3.8, 4) is 11.3 Å². The van der Waals surface area contributed by atoms with Gasteiger partial charge in [-0.15, -0.1) is 0 Å². The van der Waals surface area contributed by atoms with Crippen molar-refractivity contribution in [1.82, 2.24) is 4.57 Å². The minimum atomic E-state index is -4.57. The maximum atomic E-state index is 13.2. The van der Waals surface area contributed by atoms with Gasteiger partial charge in [0.15, 0.2) is 0 Å². The third kappa shape index (κ3) is 4.22. The Hall–Kier alpha value is -2.18. The number of aliphatic carboxylic acids is 1. The van der Waals surface area contributed by atoms with Gasteiger partial charge in [0.05, 0.1) is 10.6 Å². The highest BCUT2D eigenvalue weighted by molar-refractivity contribution is 6.31. The number of nitrogens with zero attached hydrogens (tertiary/aromatic N) is 1. The molecule has 1 N–H and O–H groups in total. The Labute approximate surface area is 162 Å². The van der Waals surface area contributed by atoms with Crippen LogP contribution in [0.3, 0.4) is 0 Å². The Morgan fingerprint density at radius 2 is 1.81 bits per heavy atom. The predicted octanol–water partition coefficient (Wildman–Crippen LogP) is 6.50. The largest absolute Gasteiger partial charge is 0.481 e. The summed E-state index contributed by atoms with van der Waals surface area (Å²) in [5.74, 6) is -0.929. The van der Waals surface area contributed by atoms with Crippen LogP contribution < -0.4 is 0 Å². The number of carboxylic acid groups (broad SMARTS) is 1. The van der Waals surface area contributed by atoms with Crippen LogP contribution in [0.1, 0.15) is 18.4 Å². The van der Waals surface area contributed by atoms with Gasteiger partial charge in [0.25, 0.3) is 0 Å². The Morgan fingerprint density at radius 3 is 2.48 bits per heavy atom. The molecule has 0 saturated carbocycles. The summed E-state index contributed by atoms with van der Waals surface area (Å²) in [4.78, 5) is 10.8.